The van der Waals surface area contributed by atoms with E-state index in [1.807, 2.05) is 30.3 Å². The van der Waals surface area contributed by atoms with Crippen molar-refractivity contribution >= 4 is 22.8 Å². The molecule has 1 fully saturated rings. The molecule has 1 aromatic heterocycles. The van der Waals surface area contributed by atoms with Crippen molar-refractivity contribution in [1.82, 2.24) is 14.0 Å². The van der Waals surface area contributed by atoms with E-state index in [4.69, 9.17) is 4.74 Å². The Balaban J connectivity index is 1.57. The van der Waals surface area contributed by atoms with Gasteiger partial charge in [0.1, 0.15) is 6.54 Å². The summed E-state index contributed by atoms with van der Waals surface area (Å²) in [5.41, 5.74) is 0.627. The standard InChI is InChI=1S/C26H29N3O5/c1-2-34-25(32)20-13-15-27(16-14-20)23(30)18-29-22-11-7-6-10-21(22)24(31)28(26(29)33)17-12-19-8-4-3-5-9-19/h3-11,20H,2,12-18H2,1H3. The van der Waals surface area contributed by atoms with Crippen LogP contribution in [0.25, 0.3) is 10.9 Å². The lowest BCUT2D eigenvalue weighted by molar-refractivity contribution is -0.151. The molecule has 0 atom stereocenters. The van der Waals surface area contributed by atoms with Crippen molar-refractivity contribution in [1.29, 1.82) is 0 Å². The molecular weight excluding hydrogens is 434 g/mol. The quantitative estimate of drug-likeness (QED) is 0.501. The highest BCUT2D eigenvalue weighted by molar-refractivity contribution is 5.82. The van der Waals surface area contributed by atoms with E-state index in [-0.39, 0.29) is 36.4 Å². The number of para-hydroxylation sites is 1. The highest BCUT2D eigenvalue weighted by Gasteiger charge is 2.28. The molecule has 0 bridgehead atoms. The third-order valence-corrected chi connectivity index (χ3v) is 6.36. The van der Waals surface area contributed by atoms with Crippen molar-refractivity contribution in [3.8, 4) is 0 Å². The van der Waals surface area contributed by atoms with Crippen LogP contribution in [-0.4, -0.2) is 45.6 Å². The second kappa shape index (κ2) is 10.5. The molecule has 34 heavy (non-hydrogen) atoms. The summed E-state index contributed by atoms with van der Waals surface area (Å²) in [6.45, 7) is 3.05. The van der Waals surface area contributed by atoms with Gasteiger partial charge in [0, 0.05) is 19.6 Å². The van der Waals surface area contributed by atoms with Gasteiger partial charge in [0.25, 0.3) is 5.56 Å². The first-order valence-electron chi connectivity index (χ1n) is 11.7. The fraction of sp³-hybridized carbons (Fsp3) is 0.385. The number of benzene rings is 2. The Labute approximate surface area is 197 Å². The third-order valence-electron chi connectivity index (χ3n) is 6.36. The van der Waals surface area contributed by atoms with Gasteiger partial charge in [0.05, 0.1) is 23.4 Å². The maximum atomic E-state index is 13.4. The van der Waals surface area contributed by atoms with E-state index >= 15 is 0 Å². The minimum Gasteiger partial charge on any atom is -0.466 e. The molecule has 1 amide bonds. The molecule has 0 aliphatic carbocycles. The van der Waals surface area contributed by atoms with Gasteiger partial charge in [-0.15, -0.1) is 0 Å². The zero-order valence-electron chi connectivity index (χ0n) is 19.3. The maximum Gasteiger partial charge on any atom is 0.331 e. The molecule has 2 aromatic carbocycles. The van der Waals surface area contributed by atoms with Crippen LogP contribution in [0.3, 0.4) is 0 Å². The number of likely N-dealkylation sites (tertiary alicyclic amines) is 1. The van der Waals surface area contributed by atoms with Crippen LogP contribution in [0.2, 0.25) is 0 Å². The summed E-state index contributed by atoms with van der Waals surface area (Å²) < 4.78 is 7.70. The number of hydrogen-bond acceptors (Lipinski definition) is 5. The molecule has 0 unspecified atom stereocenters. The number of fused-ring (bicyclic) bond motifs is 1. The Morgan fingerprint density at radius 1 is 0.941 bits per heavy atom. The highest BCUT2D eigenvalue weighted by atomic mass is 16.5. The number of aryl methyl sites for hydroxylation is 1. The van der Waals surface area contributed by atoms with Crippen LogP contribution < -0.4 is 11.2 Å². The van der Waals surface area contributed by atoms with E-state index in [2.05, 4.69) is 0 Å². The average Bonchev–Trinajstić information content (AvgIpc) is 2.87. The Bertz CT molecular complexity index is 1290. The molecule has 0 spiro atoms. The molecule has 3 aromatic rings. The maximum absolute atomic E-state index is 13.4. The molecular formula is C26H29N3O5. The molecule has 0 radical (unpaired) electrons. The number of piperidine rings is 1. The van der Waals surface area contributed by atoms with Gasteiger partial charge in [0.2, 0.25) is 5.91 Å². The van der Waals surface area contributed by atoms with Crippen molar-refractivity contribution in [3.63, 3.8) is 0 Å². The van der Waals surface area contributed by atoms with Gasteiger partial charge in [-0.25, -0.2) is 4.79 Å². The van der Waals surface area contributed by atoms with Gasteiger partial charge in [-0.2, -0.15) is 0 Å². The first kappa shape index (κ1) is 23.5. The number of esters is 1. The van der Waals surface area contributed by atoms with Gasteiger partial charge in [-0.05, 0) is 43.9 Å². The Hall–Kier alpha value is -3.68. The predicted octanol–water partition coefficient (Wildman–Crippen LogP) is 2.21. The number of ether oxygens (including phenoxy) is 1. The second-order valence-corrected chi connectivity index (χ2v) is 8.49. The number of aromatic nitrogens is 2. The monoisotopic (exact) mass is 463 g/mol. The van der Waals surface area contributed by atoms with Gasteiger partial charge < -0.3 is 9.64 Å². The van der Waals surface area contributed by atoms with E-state index in [1.54, 1.807) is 36.1 Å². The van der Waals surface area contributed by atoms with E-state index in [1.165, 1.54) is 9.13 Å². The van der Waals surface area contributed by atoms with Crippen molar-refractivity contribution in [2.75, 3.05) is 19.7 Å². The lowest BCUT2D eigenvalue weighted by atomic mass is 9.97. The summed E-state index contributed by atoms with van der Waals surface area (Å²) in [5.74, 6) is -0.627. The normalized spacial score (nSPS) is 14.3. The van der Waals surface area contributed by atoms with Gasteiger partial charge in [0.15, 0.2) is 0 Å². The SMILES string of the molecule is CCOC(=O)C1CCN(C(=O)Cn2c(=O)n(CCc3ccccc3)c(=O)c3ccccc32)CC1. The number of hydrogen-bond donors (Lipinski definition) is 0. The average molecular weight is 464 g/mol. The Kier molecular flexibility index (Phi) is 7.25. The molecule has 1 aliphatic rings. The summed E-state index contributed by atoms with van der Waals surface area (Å²) in [7, 11) is 0. The van der Waals surface area contributed by atoms with Crippen LogP contribution in [0.1, 0.15) is 25.3 Å². The minimum atomic E-state index is -0.491. The summed E-state index contributed by atoms with van der Waals surface area (Å²) in [6.07, 6.45) is 1.61. The van der Waals surface area contributed by atoms with Crippen LogP contribution in [0.15, 0.2) is 64.2 Å². The summed E-state index contributed by atoms with van der Waals surface area (Å²) in [6, 6.07) is 16.5. The van der Waals surface area contributed by atoms with Crippen molar-refractivity contribution in [3.05, 3.63) is 81.0 Å². The van der Waals surface area contributed by atoms with Crippen LogP contribution in [-0.2, 0) is 33.8 Å². The van der Waals surface area contributed by atoms with E-state index in [0.717, 1.165) is 5.56 Å². The topological polar surface area (TPSA) is 90.6 Å². The predicted molar refractivity (Wildman–Crippen MR) is 129 cm³/mol. The van der Waals surface area contributed by atoms with Crippen LogP contribution in [0, 0.1) is 5.92 Å². The van der Waals surface area contributed by atoms with Gasteiger partial charge in [-0.3, -0.25) is 23.5 Å². The highest BCUT2D eigenvalue weighted by Crippen LogP contribution is 2.19. The van der Waals surface area contributed by atoms with Crippen LogP contribution in [0.4, 0.5) is 0 Å². The van der Waals surface area contributed by atoms with E-state index in [9.17, 15) is 19.2 Å². The molecule has 8 heteroatoms. The summed E-state index contributed by atoms with van der Waals surface area (Å²) >= 11 is 0. The lowest BCUT2D eigenvalue weighted by Crippen LogP contribution is -2.46. The number of carbonyl (C=O) groups excluding carboxylic acids is 2. The zero-order chi connectivity index (χ0) is 24.1. The largest absolute Gasteiger partial charge is 0.466 e. The molecule has 2 heterocycles. The smallest absolute Gasteiger partial charge is 0.331 e. The summed E-state index contributed by atoms with van der Waals surface area (Å²) in [5, 5.41) is 0.406. The van der Waals surface area contributed by atoms with Crippen LogP contribution in [0.5, 0.6) is 0 Å². The number of amides is 1. The van der Waals surface area contributed by atoms with Crippen LogP contribution >= 0.6 is 0 Å². The molecule has 4 rings (SSSR count). The Morgan fingerprint density at radius 2 is 1.62 bits per heavy atom. The van der Waals surface area contributed by atoms with Crippen molar-refractivity contribution in [2.24, 2.45) is 5.92 Å². The molecule has 8 nitrogen and oxygen atoms in total. The number of carbonyl (C=O) groups is 2. The van der Waals surface area contributed by atoms with Gasteiger partial charge >= 0.3 is 11.7 Å². The first-order valence-corrected chi connectivity index (χ1v) is 11.7. The molecule has 1 aliphatic heterocycles. The minimum absolute atomic E-state index is 0.158. The number of nitrogens with zero attached hydrogens (tertiary/aromatic N) is 3. The van der Waals surface area contributed by atoms with E-state index < -0.39 is 5.69 Å². The lowest BCUT2D eigenvalue weighted by Gasteiger charge is -2.31. The number of rotatable bonds is 7. The second-order valence-electron chi connectivity index (χ2n) is 8.49. The molecule has 0 saturated carbocycles. The molecule has 0 N–H and O–H groups in total. The summed E-state index contributed by atoms with van der Waals surface area (Å²) in [4.78, 5) is 53.2. The fourth-order valence-electron chi connectivity index (χ4n) is 4.47. The third kappa shape index (κ3) is 4.95. The van der Waals surface area contributed by atoms with Gasteiger partial charge in [-0.1, -0.05) is 42.5 Å². The Morgan fingerprint density at radius 3 is 2.32 bits per heavy atom. The molecule has 178 valence electrons. The first-order chi connectivity index (χ1) is 16.5. The zero-order valence-corrected chi connectivity index (χ0v) is 19.3. The van der Waals surface area contributed by atoms with E-state index in [0.29, 0.717) is 49.9 Å². The van der Waals surface area contributed by atoms with Crippen molar-refractivity contribution < 1.29 is 14.3 Å². The molecule has 1 saturated heterocycles. The van der Waals surface area contributed by atoms with Crippen molar-refractivity contribution in [2.45, 2.75) is 39.3 Å². The fourth-order valence-corrected chi connectivity index (χ4v) is 4.47.